The van der Waals surface area contributed by atoms with E-state index in [-0.39, 0.29) is 17.9 Å². The van der Waals surface area contributed by atoms with Gasteiger partial charge in [-0.05, 0) is 25.1 Å². The van der Waals surface area contributed by atoms with Gasteiger partial charge in [0.25, 0.3) is 0 Å². The van der Waals surface area contributed by atoms with Gasteiger partial charge in [-0.15, -0.1) is 0 Å². The van der Waals surface area contributed by atoms with Crippen LogP contribution in [0.1, 0.15) is 27.8 Å². The number of hydrogen-bond acceptors (Lipinski definition) is 7. The highest BCUT2D eigenvalue weighted by atomic mass is 16.5. The van der Waals surface area contributed by atoms with E-state index < -0.39 is 11.9 Å². The Kier molecular flexibility index (Phi) is 5.11. The summed E-state index contributed by atoms with van der Waals surface area (Å²) in [5, 5.41) is 13.5. The Balaban J connectivity index is 2.14. The molecule has 9 nitrogen and oxygen atoms in total. The second-order valence-electron chi connectivity index (χ2n) is 5.34. The molecule has 0 radical (unpaired) electrons. The molecule has 1 N–H and O–H groups in total. The fourth-order valence-corrected chi connectivity index (χ4v) is 2.39. The normalized spacial score (nSPS) is 10.4. The lowest BCUT2D eigenvalue weighted by molar-refractivity contribution is 0.0518. The van der Waals surface area contributed by atoms with Crippen LogP contribution < -0.4 is 4.74 Å². The van der Waals surface area contributed by atoms with E-state index in [1.165, 1.54) is 42.4 Å². The third-order valence-electron chi connectivity index (χ3n) is 3.64. The van der Waals surface area contributed by atoms with E-state index in [4.69, 9.17) is 9.47 Å². The Morgan fingerprint density at radius 3 is 2.63 bits per heavy atom. The summed E-state index contributed by atoms with van der Waals surface area (Å²) in [5.74, 6) is -1.25. The molecule has 0 bridgehead atoms. The summed E-state index contributed by atoms with van der Waals surface area (Å²) >= 11 is 0. The first-order chi connectivity index (χ1) is 13.0. The van der Waals surface area contributed by atoms with Crippen molar-refractivity contribution in [1.29, 1.82) is 0 Å². The number of aromatic carboxylic acids is 1. The lowest BCUT2D eigenvalue weighted by atomic mass is 10.2. The first-order valence-electron chi connectivity index (χ1n) is 8.00. The topological polar surface area (TPSA) is 116 Å². The molecule has 9 heteroatoms. The molecule has 138 valence electrons. The Morgan fingerprint density at radius 2 is 2.00 bits per heavy atom. The molecule has 0 aliphatic carbocycles. The minimum absolute atomic E-state index is 0.0679. The van der Waals surface area contributed by atoms with Crippen molar-refractivity contribution in [1.82, 2.24) is 19.7 Å². The van der Waals surface area contributed by atoms with Gasteiger partial charge in [-0.3, -0.25) is 4.98 Å². The Bertz CT molecular complexity index is 982. The molecule has 0 saturated carbocycles. The van der Waals surface area contributed by atoms with Crippen LogP contribution in [0, 0.1) is 0 Å². The third-order valence-corrected chi connectivity index (χ3v) is 3.64. The number of methoxy groups -OCH3 is 1. The number of rotatable bonds is 6. The predicted octanol–water partition coefficient (Wildman–Crippen LogP) is 2.21. The van der Waals surface area contributed by atoms with Crippen LogP contribution >= 0.6 is 0 Å². The summed E-state index contributed by atoms with van der Waals surface area (Å²) in [6, 6.07) is 7.63. The third kappa shape index (κ3) is 3.76. The second-order valence-corrected chi connectivity index (χ2v) is 5.34. The van der Waals surface area contributed by atoms with Gasteiger partial charge in [-0.25, -0.2) is 19.3 Å². The fraction of sp³-hybridized carbons (Fsp3) is 0.167. The van der Waals surface area contributed by atoms with Crippen LogP contribution in [-0.4, -0.2) is 50.5 Å². The monoisotopic (exact) mass is 368 g/mol. The highest BCUT2D eigenvalue weighted by Gasteiger charge is 2.19. The number of hydrogen-bond donors (Lipinski definition) is 1. The van der Waals surface area contributed by atoms with E-state index >= 15 is 0 Å². The summed E-state index contributed by atoms with van der Waals surface area (Å²) in [6.07, 6.45) is 2.90. The number of ether oxygens (including phenoxy) is 2. The van der Waals surface area contributed by atoms with Crippen molar-refractivity contribution in [2.24, 2.45) is 0 Å². The predicted molar refractivity (Wildman–Crippen MR) is 94.1 cm³/mol. The van der Waals surface area contributed by atoms with Crippen molar-refractivity contribution in [2.75, 3.05) is 13.7 Å². The van der Waals surface area contributed by atoms with Crippen molar-refractivity contribution >= 4 is 11.9 Å². The first kappa shape index (κ1) is 18.1. The number of nitrogens with zero attached hydrogens (tertiary/aromatic N) is 4. The van der Waals surface area contributed by atoms with E-state index in [1.807, 2.05) is 0 Å². The van der Waals surface area contributed by atoms with Gasteiger partial charge in [0, 0.05) is 18.3 Å². The lowest BCUT2D eigenvalue weighted by Crippen LogP contribution is -2.07. The minimum Gasteiger partial charge on any atom is -0.481 e. The molecule has 0 spiro atoms. The number of carboxylic acids is 1. The SMILES string of the molecule is CCOC(=O)c1cc(-c2cc(C(=O)O)ccn2)n(-c2ccc(OC)nc2)n1. The Labute approximate surface area is 154 Å². The van der Waals surface area contributed by atoms with Gasteiger partial charge in [0.05, 0.1) is 42.6 Å². The molecule has 0 aromatic carbocycles. The molecule has 0 atom stereocenters. The zero-order valence-electron chi connectivity index (χ0n) is 14.6. The maximum absolute atomic E-state index is 12.1. The quantitative estimate of drug-likeness (QED) is 0.658. The van der Waals surface area contributed by atoms with Crippen LogP contribution in [0.2, 0.25) is 0 Å². The summed E-state index contributed by atoms with van der Waals surface area (Å²) in [6.45, 7) is 1.90. The van der Waals surface area contributed by atoms with Crippen LogP contribution in [0.25, 0.3) is 17.1 Å². The minimum atomic E-state index is -1.08. The largest absolute Gasteiger partial charge is 0.481 e. The molecule has 0 unspecified atom stereocenters. The molecule has 0 aliphatic rings. The lowest BCUT2D eigenvalue weighted by Gasteiger charge is -2.08. The van der Waals surface area contributed by atoms with E-state index in [1.54, 1.807) is 19.1 Å². The molecule has 3 aromatic rings. The van der Waals surface area contributed by atoms with Crippen LogP contribution in [-0.2, 0) is 4.74 Å². The van der Waals surface area contributed by atoms with E-state index in [9.17, 15) is 14.7 Å². The standard InChI is InChI=1S/C18H16N4O5/c1-3-27-18(25)14-9-15(13-8-11(17(23)24)6-7-19-13)22(21-14)12-4-5-16(26-2)20-10-12/h4-10H,3H2,1-2H3,(H,23,24). The van der Waals surface area contributed by atoms with Crippen LogP contribution in [0.3, 0.4) is 0 Å². The Hall–Kier alpha value is -3.75. The average molecular weight is 368 g/mol. The summed E-state index contributed by atoms with van der Waals surface area (Å²) < 4.78 is 11.5. The zero-order valence-corrected chi connectivity index (χ0v) is 14.6. The van der Waals surface area contributed by atoms with Crippen LogP contribution in [0.5, 0.6) is 5.88 Å². The number of carboxylic acid groups (broad SMARTS) is 1. The smallest absolute Gasteiger partial charge is 0.358 e. The number of pyridine rings is 2. The maximum Gasteiger partial charge on any atom is 0.358 e. The number of carbonyl (C=O) groups is 2. The molecule has 3 rings (SSSR count). The number of carbonyl (C=O) groups excluding carboxylic acids is 1. The van der Waals surface area contributed by atoms with Gasteiger partial charge < -0.3 is 14.6 Å². The van der Waals surface area contributed by atoms with Crippen LogP contribution in [0.4, 0.5) is 0 Å². The van der Waals surface area contributed by atoms with Gasteiger partial charge in [0.2, 0.25) is 5.88 Å². The fourth-order valence-electron chi connectivity index (χ4n) is 2.39. The molecule has 3 aromatic heterocycles. The molecular weight excluding hydrogens is 352 g/mol. The van der Waals surface area contributed by atoms with E-state index in [0.29, 0.717) is 23.0 Å². The van der Waals surface area contributed by atoms with Crippen molar-refractivity contribution in [3.8, 4) is 23.0 Å². The van der Waals surface area contributed by atoms with Gasteiger partial charge in [-0.1, -0.05) is 0 Å². The Morgan fingerprint density at radius 1 is 1.19 bits per heavy atom. The highest BCUT2D eigenvalue weighted by molar-refractivity contribution is 5.90. The van der Waals surface area contributed by atoms with Gasteiger partial charge in [0.1, 0.15) is 0 Å². The zero-order chi connectivity index (χ0) is 19.4. The van der Waals surface area contributed by atoms with Crippen molar-refractivity contribution < 1.29 is 24.2 Å². The number of esters is 1. The maximum atomic E-state index is 12.1. The van der Waals surface area contributed by atoms with Crippen LogP contribution in [0.15, 0.2) is 42.7 Å². The van der Waals surface area contributed by atoms with E-state index in [0.717, 1.165) is 0 Å². The molecule has 0 amide bonds. The summed E-state index contributed by atoms with van der Waals surface area (Å²) in [4.78, 5) is 31.7. The van der Waals surface area contributed by atoms with Crippen molar-refractivity contribution in [3.05, 3.63) is 54.0 Å². The molecular formula is C18H16N4O5. The highest BCUT2D eigenvalue weighted by Crippen LogP contribution is 2.24. The van der Waals surface area contributed by atoms with Crippen molar-refractivity contribution in [2.45, 2.75) is 6.92 Å². The molecule has 0 saturated heterocycles. The van der Waals surface area contributed by atoms with Gasteiger partial charge in [-0.2, -0.15) is 5.10 Å². The summed E-state index contributed by atoms with van der Waals surface area (Å²) in [5.41, 5.74) is 1.45. The first-order valence-corrected chi connectivity index (χ1v) is 8.00. The average Bonchev–Trinajstić information content (AvgIpc) is 3.14. The molecule has 27 heavy (non-hydrogen) atoms. The van der Waals surface area contributed by atoms with Gasteiger partial charge >= 0.3 is 11.9 Å². The second kappa shape index (κ2) is 7.65. The molecule has 0 aliphatic heterocycles. The molecule has 0 fully saturated rings. The van der Waals surface area contributed by atoms with Gasteiger partial charge in [0.15, 0.2) is 5.69 Å². The van der Waals surface area contributed by atoms with E-state index in [2.05, 4.69) is 15.1 Å². The van der Waals surface area contributed by atoms with Crippen molar-refractivity contribution in [3.63, 3.8) is 0 Å². The molecule has 3 heterocycles. The summed E-state index contributed by atoms with van der Waals surface area (Å²) in [7, 11) is 1.50. The number of aromatic nitrogens is 4.